The summed E-state index contributed by atoms with van der Waals surface area (Å²) in [6.45, 7) is 19.6. The molecule has 0 amide bonds. The highest BCUT2D eigenvalue weighted by Gasteiger charge is 2.50. The van der Waals surface area contributed by atoms with E-state index in [4.69, 9.17) is 14.7 Å². The summed E-state index contributed by atoms with van der Waals surface area (Å²) < 4.78 is 0. The summed E-state index contributed by atoms with van der Waals surface area (Å²) in [4.78, 5) is 16.9. The summed E-state index contributed by atoms with van der Waals surface area (Å²) in [5.41, 5.74) is 6.51. The Morgan fingerprint density at radius 1 is 0.828 bits per heavy atom. The number of nitrogens with zero attached hydrogens (tertiary/aromatic N) is 2. The molecule has 156 valence electrons. The van der Waals surface area contributed by atoms with E-state index in [-0.39, 0.29) is 10.8 Å². The second-order valence-electron chi connectivity index (χ2n) is 11.0. The average Bonchev–Trinajstić information content (AvgIpc) is 2.91. The molecule has 0 spiro atoms. The lowest BCUT2D eigenvalue weighted by Gasteiger charge is -2.26. The Kier molecular flexibility index (Phi) is 4.25. The van der Waals surface area contributed by atoms with Gasteiger partial charge in [-0.2, -0.15) is 0 Å². The van der Waals surface area contributed by atoms with Crippen molar-refractivity contribution >= 4 is 5.69 Å². The van der Waals surface area contributed by atoms with E-state index in [1.807, 2.05) is 33.9 Å². The van der Waals surface area contributed by atoms with Gasteiger partial charge in [0.2, 0.25) is 0 Å². The number of fused-ring (bicyclic) bond motifs is 1. The van der Waals surface area contributed by atoms with Crippen LogP contribution < -0.4 is 5.23 Å². The Morgan fingerprint density at radius 3 is 2.00 bits per heavy atom. The van der Waals surface area contributed by atoms with Crippen molar-refractivity contribution in [1.82, 2.24) is 4.98 Å². The van der Waals surface area contributed by atoms with E-state index in [9.17, 15) is 0 Å². The maximum atomic E-state index is 6.06. The van der Waals surface area contributed by atoms with Crippen LogP contribution in [0.1, 0.15) is 78.5 Å². The second-order valence-corrected chi connectivity index (χ2v) is 11.0. The highest BCUT2D eigenvalue weighted by molar-refractivity contribution is 5.66. The van der Waals surface area contributed by atoms with E-state index in [2.05, 4.69) is 58.9 Å². The molecule has 2 heterocycles. The van der Waals surface area contributed by atoms with Gasteiger partial charge in [0.25, 0.3) is 0 Å². The van der Waals surface area contributed by atoms with Gasteiger partial charge in [-0.3, -0.25) is 4.98 Å². The molecule has 29 heavy (non-hydrogen) atoms. The Balaban J connectivity index is 1.68. The molecule has 1 fully saturated rings. The molecule has 1 aromatic carbocycles. The molecular formula is C25H34N2O2. The van der Waals surface area contributed by atoms with E-state index in [0.29, 0.717) is 0 Å². The third-order valence-corrected chi connectivity index (χ3v) is 7.01. The van der Waals surface area contributed by atoms with Crippen molar-refractivity contribution in [2.45, 2.75) is 90.8 Å². The first-order valence-electron chi connectivity index (χ1n) is 10.5. The first-order chi connectivity index (χ1) is 13.2. The van der Waals surface area contributed by atoms with Gasteiger partial charge in [-0.15, -0.1) is 5.23 Å². The molecule has 0 N–H and O–H groups in total. The fourth-order valence-corrected chi connectivity index (χ4v) is 4.80. The van der Waals surface area contributed by atoms with Crippen LogP contribution in [0.2, 0.25) is 0 Å². The van der Waals surface area contributed by atoms with Crippen LogP contribution >= 0.6 is 0 Å². The number of rotatable bonds is 2. The minimum absolute atomic E-state index is 0.179. The molecule has 1 aliphatic heterocycles. The zero-order valence-electron chi connectivity index (χ0n) is 19.3. The van der Waals surface area contributed by atoms with Gasteiger partial charge in [0, 0.05) is 5.56 Å². The number of benzene rings is 1. The van der Waals surface area contributed by atoms with Crippen molar-refractivity contribution < 1.29 is 9.68 Å². The van der Waals surface area contributed by atoms with Gasteiger partial charge >= 0.3 is 0 Å². The zero-order valence-corrected chi connectivity index (χ0v) is 19.3. The largest absolute Gasteiger partial charge is 0.254 e. The monoisotopic (exact) mass is 394 g/mol. The number of anilines is 1. The Morgan fingerprint density at radius 2 is 1.41 bits per heavy atom. The normalized spacial score (nSPS) is 23.3. The van der Waals surface area contributed by atoms with E-state index in [1.54, 1.807) is 0 Å². The SMILES string of the molecule is Cc1cc(-c2ccc3c(c2)C(C)(C)CC3(C)C)ncc1N1OC(C)(C)C(C)(C)O1. The maximum absolute atomic E-state index is 6.06. The van der Waals surface area contributed by atoms with Gasteiger partial charge in [0.05, 0.1) is 11.9 Å². The lowest BCUT2D eigenvalue weighted by Crippen LogP contribution is -2.41. The van der Waals surface area contributed by atoms with Crippen molar-refractivity contribution in [3.63, 3.8) is 0 Å². The first-order valence-corrected chi connectivity index (χ1v) is 10.5. The molecule has 1 saturated heterocycles. The molecule has 1 aliphatic carbocycles. The van der Waals surface area contributed by atoms with Gasteiger partial charge in [0.1, 0.15) is 16.9 Å². The van der Waals surface area contributed by atoms with Gasteiger partial charge in [-0.1, -0.05) is 39.8 Å². The van der Waals surface area contributed by atoms with Gasteiger partial charge < -0.3 is 0 Å². The van der Waals surface area contributed by atoms with Crippen LogP contribution in [0.25, 0.3) is 11.3 Å². The summed E-state index contributed by atoms with van der Waals surface area (Å²) in [6, 6.07) is 8.95. The third-order valence-electron chi connectivity index (χ3n) is 7.01. The fraction of sp³-hybridized carbons (Fsp3) is 0.560. The Hall–Kier alpha value is -1.91. The van der Waals surface area contributed by atoms with E-state index >= 15 is 0 Å². The van der Waals surface area contributed by atoms with Gasteiger partial charge in [-0.25, -0.2) is 9.68 Å². The van der Waals surface area contributed by atoms with Crippen LogP contribution in [0.3, 0.4) is 0 Å². The molecule has 4 heteroatoms. The van der Waals surface area contributed by atoms with Crippen LogP contribution in [0.5, 0.6) is 0 Å². The predicted molar refractivity (Wildman–Crippen MR) is 118 cm³/mol. The summed E-state index contributed by atoms with van der Waals surface area (Å²) in [6.07, 6.45) is 3.02. The summed E-state index contributed by atoms with van der Waals surface area (Å²) >= 11 is 0. The highest BCUT2D eigenvalue weighted by atomic mass is 17.0. The first kappa shape index (κ1) is 20.4. The highest BCUT2D eigenvalue weighted by Crippen LogP contribution is 2.50. The zero-order chi connectivity index (χ0) is 21.4. The Labute approximate surface area is 175 Å². The molecule has 0 bridgehead atoms. The fourth-order valence-electron chi connectivity index (χ4n) is 4.80. The van der Waals surface area contributed by atoms with Crippen molar-refractivity contribution in [3.05, 3.63) is 47.2 Å². The van der Waals surface area contributed by atoms with Crippen molar-refractivity contribution in [2.24, 2.45) is 0 Å². The number of aromatic nitrogens is 1. The second kappa shape index (κ2) is 6.05. The number of pyridine rings is 1. The molecule has 1 aromatic heterocycles. The number of hydrogen-bond acceptors (Lipinski definition) is 4. The quantitative estimate of drug-likeness (QED) is 0.602. The Bertz CT molecular complexity index is 957. The van der Waals surface area contributed by atoms with Crippen molar-refractivity contribution in [2.75, 3.05) is 5.23 Å². The van der Waals surface area contributed by atoms with Crippen molar-refractivity contribution in [3.8, 4) is 11.3 Å². The molecule has 0 saturated carbocycles. The molecule has 2 aliphatic rings. The molecule has 2 aromatic rings. The van der Waals surface area contributed by atoms with Gasteiger partial charge in [0.15, 0.2) is 0 Å². The van der Waals surface area contributed by atoms with E-state index in [1.165, 1.54) is 22.8 Å². The predicted octanol–water partition coefficient (Wildman–Crippen LogP) is 6.26. The van der Waals surface area contributed by atoms with Gasteiger partial charge in [-0.05, 0) is 80.7 Å². The lowest BCUT2D eigenvalue weighted by molar-refractivity contribution is -0.0276. The standard InChI is InChI=1S/C25H34N2O2/c1-16-12-20(26-14-21(16)27-28-24(6,7)25(8,9)29-27)17-10-11-18-19(13-17)23(4,5)15-22(18,2)3/h10-14H,15H2,1-9H3. The third kappa shape index (κ3) is 3.17. The molecule has 0 radical (unpaired) electrons. The molecule has 0 atom stereocenters. The number of aryl methyl sites for hydroxylation is 1. The smallest absolute Gasteiger partial charge is 0.124 e. The van der Waals surface area contributed by atoms with Crippen LogP contribution in [0.15, 0.2) is 30.5 Å². The summed E-state index contributed by atoms with van der Waals surface area (Å²) in [5, 5.41) is 1.53. The van der Waals surface area contributed by atoms with E-state index < -0.39 is 11.2 Å². The summed E-state index contributed by atoms with van der Waals surface area (Å²) in [7, 11) is 0. The van der Waals surface area contributed by atoms with E-state index in [0.717, 1.165) is 22.5 Å². The molecule has 4 rings (SSSR count). The average molecular weight is 395 g/mol. The summed E-state index contributed by atoms with van der Waals surface area (Å²) in [5.74, 6) is 0. The maximum Gasteiger partial charge on any atom is 0.124 e. The van der Waals surface area contributed by atoms with Crippen molar-refractivity contribution in [1.29, 1.82) is 0 Å². The van der Waals surface area contributed by atoms with Crippen LogP contribution in [-0.2, 0) is 20.5 Å². The van der Waals surface area contributed by atoms with Crippen LogP contribution in [0, 0.1) is 6.92 Å². The minimum atomic E-state index is -0.420. The minimum Gasteiger partial charge on any atom is -0.254 e. The molecular weight excluding hydrogens is 360 g/mol. The number of hydrogen-bond donors (Lipinski definition) is 0. The lowest BCUT2D eigenvalue weighted by atomic mass is 9.82. The molecule has 4 nitrogen and oxygen atoms in total. The van der Waals surface area contributed by atoms with Crippen LogP contribution in [0.4, 0.5) is 5.69 Å². The van der Waals surface area contributed by atoms with Crippen LogP contribution in [-0.4, -0.2) is 16.2 Å². The molecule has 0 unspecified atom stereocenters. The topological polar surface area (TPSA) is 34.6 Å².